The summed E-state index contributed by atoms with van der Waals surface area (Å²) in [5.41, 5.74) is 3.21. The van der Waals surface area contributed by atoms with Crippen LogP contribution >= 0.6 is 15.9 Å². The van der Waals surface area contributed by atoms with Crippen LogP contribution < -0.4 is 0 Å². The topological polar surface area (TPSA) is 37.4 Å². The van der Waals surface area contributed by atoms with E-state index in [1.54, 1.807) is 16.4 Å². The Labute approximate surface area is 182 Å². The molecule has 0 amide bonds. The second-order valence-electron chi connectivity index (χ2n) is 8.09. The lowest BCUT2D eigenvalue weighted by Gasteiger charge is -2.30. The molecule has 1 aliphatic heterocycles. The minimum absolute atomic E-state index is 0.153. The number of allylic oxidation sites excluding steroid dienone is 2. The standard InChI is InChI=1S/C24H26BrNO2S/c1-19-11-13-21(14-12-19)29(27,28)26-17-22(23(25)20-9-5-4-6-10-20)24(18-26)15-7-2-3-8-16-24/h2,4-7,9-14H,3,8,15-18H2,1H3/b23-22+/t24-/m1/s1. The van der Waals surface area contributed by atoms with Gasteiger partial charge in [0.15, 0.2) is 0 Å². The molecule has 0 saturated carbocycles. The molecule has 3 nitrogen and oxygen atoms in total. The van der Waals surface area contributed by atoms with Crippen molar-refractivity contribution >= 4 is 30.4 Å². The van der Waals surface area contributed by atoms with E-state index in [4.69, 9.17) is 0 Å². The van der Waals surface area contributed by atoms with Crippen molar-refractivity contribution < 1.29 is 8.42 Å². The first-order chi connectivity index (χ1) is 13.9. The van der Waals surface area contributed by atoms with E-state index >= 15 is 0 Å². The highest BCUT2D eigenvalue weighted by molar-refractivity contribution is 9.15. The largest absolute Gasteiger partial charge is 0.243 e. The predicted molar refractivity (Wildman–Crippen MR) is 122 cm³/mol. The van der Waals surface area contributed by atoms with Crippen molar-refractivity contribution in [2.45, 2.75) is 37.5 Å². The average Bonchev–Trinajstić information content (AvgIpc) is 2.94. The lowest BCUT2D eigenvalue weighted by atomic mass is 9.76. The molecule has 0 unspecified atom stereocenters. The average molecular weight is 472 g/mol. The van der Waals surface area contributed by atoms with E-state index in [1.807, 2.05) is 37.3 Å². The molecular weight excluding hydrogens is 446 g/mol. The molecule has 1 aliphatic carbocycles. The first-order valence-electron chi connectivity index (χ1n) is 10.1. The zero-order valence-electron chi connectivity index (χ0n) is 16.6. The third-order valence-corrected chi connectivity index (χ3v) is 8.85. The van der Waals surface area contributed by atoms with Gasteiger partial charge in [-0.05, 0) is 55.9 Å². The first-order valence-corrected chi connectivity index (χ1v) is 12.3. The molecule has 0 N–H and O–H groups in total. The summed E-state index contributed by atoms with van der Waals surface area (Å²) in [5.74, 6) is 0. The van der Waals surface area contributed by atoms with Crippen molar-refractivity contribution in [2.24, 2.45) is 5.41 Å². The van der Waals surface area contributed by atoms with Crippen molar-refractivity contribution in [3.8, 4) is 0 Å². The molecule has 0 radical (unpaired) electrons. The summed E-state index contributed by atoms with van der Waals surface area (Å²) in [7, 11) is -3.54. The Morgan fingerprint density at radius 3 is 2.48 bits per heavy atom. The van der Waals surface area contributed by atoms with Crippen molar-refractivity contribution in [3.05, 3.63) is 83.4 Å². The highest BCUT2D eigenvalue weighted by Gasteiger charge is 2.47. The van der Waals surface area contributed by atoms with E-state index < -0.39 is 10.0 Å². The summed E-state index contributed by atoms with van der Waals surface area (Å²) < 4.78 is 29.6. The normalized spacial score (nSPS) is 24.6. The van der Waals surface area contributed by atoms with Gasteiger partial charge in [-0.3, -0.25) is 0 Å². The van der Waals surface area contributed by atoms with Gasteiger partial charge in [-0.25, -0.2) is 8.42 Å². The fourth-order valence-corrected chi connectivity index (χ4v) is 6.73. The Morgan fingerprint density at radius 1 is 1.03 bits per heavy atom. The van der Waals surface area contributed by atoms with E-state index in [1.165, 1.54) is 5.57 Å². The van der Waals surface area contributed by atoms with Crippen LogP contribution in [0, 0.1) is 12.3 Å². The van der Waals surface area contributed by atoms with Crippen molar-refractivity contribution in [3.63, 3.8) is 0 Å². The van der Waals surface area contributed by atoms with Gasteiger partial charge in [0.05, 0.1) is 4.90 Å². The maximum atomic E-state index is 13.4. The van der Waals surface area contributed by atoms with E-state index in [0.717, 1.165) is 41.3 Å². The smallest absolute Gasteiger partial charge is 0.207 e. The van der Waals surface area contributed by atoms with Crippen LogP contribution in [0.25, 0.3) is 4.48 Å². The monoisotopic (exact) mass is 471 g/mol. The van der Waals surface area contributed by atoms with Gasteiger partial charge in [0, 0.05) is 23.0 Å². The first kappa shape index (κ1) is 20.6. The molecule has 2 aromatic rings. The second kappa shape index (κ2) is 8.21. The molecule has 1 spiro atoms. The minimum Gasteiger partial charge on any atom is -0.207 e. The van der Waals surface area contributed by atoms with Crippen LogP contribution in [0.4, 0.5) is 0 Å². The van der Waals surface area contributed by atoms with Crippen molar-refractivity contribution in [1.82, 2.24) is 4.31 Å². The molecule has 0 bridgehead atoms. The summed E-state index contributed by atoms with van der Waals surface area (Å²) in [6.45, 7) is 2.93. The van der Waals surface area contributed by atoms with Crippen LogP contribution in [0.15, 0.2) is 77.2 Å². The van der Waals surface area contributed by atoms with Gasteiger partial charge >= 0.3 is 0 Å². The second-order valence-corrected chi connectivity index (χ2v) is 10.8. The molecule has 2 aromatic carbocycles. The summed E-state index contributed by atoms with van der Waals surface area (Å²) in [4.78, 5) is 0.375. The molecule has 1 fully saturated rings. The number of halogens is 1. The SMILES string of the molecule is Cc1ccc(S(=O)(=O)N2C/C(=C(\Br)c3ccccc3)[C@@]3(CC=CCCC3)C2)cc1. The van der Waals surface area contributed by atoms with Gasteiger partial charge in [0.1, 0.15) is 0 Å². The number of hydrogen-bond donors (Lipinski definition) is 0. The molecule has 152 valence electrons. The van der Waals surface area contributed by atoms with Gasteiger partial charge < -0.3 is 0 Å². The van der Waals surface area contributed by atoms with Crippen LogP contribution in [0.3, 0.4) is 0 Å². The highest BCUT2D eigenvalue weighted by Crippen LogP contribution is 2.50. The fraction of sp³-hybridized carbons (Fsp3) is 0.333. The molecule has 1 heterocycles. The third kappa shape index (κ3) is 4.00. The van der Waals surface area contributed by atoms with Gasteiger partial charge in [0.2, 0.25) is 10.0 Å². The maximum Gasteiger partial charge on any atom is 0.243 e. The number of nitrogens with zero attached hydrogens (tertiary/aromatic N) is 1. The quantitative estimate of drug-likeness (QED) is 0.520. The summed E-state index contributed by atoms with van der Waals surface area (Å²) in [6.07, 6.45) is 8.48. The van der Waals surface area contributed by atoms with Crippen LogP contribution in [-0.2, 0) is 10.0 Å². The Balaban J connectivity index is 1.78. The Hall–Kier alpha value is -1.69. The Bertz CT molecular complexity index is 1040. The zero-order chi connectivity index (χ0) is 20.5. The number of aryl methyl sites for hydroxylation is 1. The fourth-order valence-electron chi connectivity index (χ4n) is 4.43. The van der Waals surface area contributed by atoms with E-state index in [9.17, 15) is 8.42 Å². The van der Waals surface area contributed by atoms with E-state index in [0.29, 0.717) is 18.0 Å². The maximum absolute atomic E-state index is 13.4. The highest BCUT2D eigenvalue weighted by atomic mass is 79.9. The number of hydrogen-bond acceptors (Lipinski definition) is 2. The van der Waals surface area contributed by atoms with E-state index in [2.05, 4.69) is 40.2 Å². The lowest BCUT2D eigenvalue weighted by Crippen LogP contribution is -2.32. The molecule has 1 saturated heterocycles. The predicted octanol–water partition coefficient (Wildman–Crippen LogP) is 5.92. The molecule has 0 aromatic heterocycles. The summed E-state index contributed by atoms with van der Waals surface area (Å²) in [6, 6.07) is 17.4. The minimum atomic E-state index is -3.54. The summed E-state index contributed by atoms with van der Waals surface area (Å²) >= 11 is 3.84. The van der Waals surface area contributed by atoms with Gasteiger partial charge in [0.25, 0.3) is 0 Å². The zero-order valence-corrected chi connectivity index (χ0v) is 19.0. The number of sulfonamides is 1. The van der Waals surface area contributed by atoms with Gasteiger partial charge in [-0.1, -0.05) is 76.1 Å². The number of benzene rings is 2. The Morgan fingerprint density at radius 2 is 1.76 bits per heavy atom. The number of rotatable bonds is 3. The Kier molecular flexibility index (Phi) is 5.83. The molecule has 2 aliphatic rings. The molecule has 29 heavy (non-hydrogen) atoms. The van der Waals surface area contributed by atoms with Gasteiger partial charge in [-0.2, -0.15) is 4.31 Å². The van der Waals surface area contributed by atoms with Crippen LogP contribution in [-0.4, -0.2) is 25.8 Å². The molecule has 1 atom stereocenters. The van der Waals surface area contributed by atoms with Crippen LogP contribution in [0.2, 0.25) is 0 Å². The molecular formula is C24H26BrNO2S. The van der Waals surface area contributed by atoms with Crippen LogP contribution in [0.1, 0.15) is 36.8 Å². The third-order valence-electron chi connectivity index (χ3n) is 6.11. The molecule has 5 heteroatoms. The summed E-state index contributed by atoms with van der Waals surface area (Å²) in [5, 5.41) is 0. The van der Waals surface area contributed by atoms with E-state index in [-0.39, 0.29) is 5.41 Å². The lowest BCUT2D eigenvalue weighted by molar-refractivity contribution is 0.322. The molecule has 4 rings (SSSR count). The van der Waals surface area contributed by atoms with Crippen molar-refractivity contribution in [2.75, 3.05) is 13.1 Å². The van der Waals surface area contributed by atoms with Gasteiger partial charge in [-0.15, -0.1) is 0 Å². The van der Waals surface area contributed by atoms with Crippen LogP contribution in [0.5, 0.6) is 0 Å². The van der Waals surface area contributed by atoms with Crippen molar-refractivity contribution in [1.29, 1.82) is 0 Å².